The highest BCUT2D eigenvalue weighted by Gasteiger charge is 2.32. The Labute approximate surface area is 219 Å². The molecule has 0 bridgehead atoms. The monoisotopic (exact) mass is 511 g/mol. The van der Waals surface area contributed by atoms with Crippen LogP contribution in [0.4, 0.5) is 0 Å². The number of carbonyl (C=O) groups excluding carboxylic acids is 1. The molecule has 0 aliphatic rings. The first-order valence-corrected chi connectivity index (χ1v) is 14.4. The maximum atomic E-state index is 11.1. The van der Waals surface area contributed by atoms with Crippen molar-refractivity contribution in [1.29, 1.82) is 0 Å². The maximum absolute atomic E-state index is 11.1. The van der Waals surface area contributed by atoms with Gasteiger partial charge in [-0.25, -0.2) is 9.59 Å². The lowest BCUT2D eigenvalue weighted by molar-refractivity contribution is -0.903. The molecule has 0 aromatic carbocycles. The lowest BCUT2D eigenvalue weighted by atomic mass is 10.0. The smallest absolute Gasteiger partial charge is 0.359 e. The summed E-state index contributed by atoms with van der Waals surface area (Å²) in [6, 6.07) is 0. The fourth-order valence-corrected chi connectivity index (χ4v) is 4.79. The number of hydrogen-bond acceptors (Lipinski definition) is 4. The first-order valence-electron chi connectivity index (χ1n) is 14.4. The minimum atomic E-state index is -1.45. The second kappa shape index (κ2) is 23.5. The third-order valence-corrected chi connectivity index (χ3v) is 6.79. The molecule has 0 aromatic rings. The van der Waals surface area contributed by atoms with Crippen molar-refractivity contribution in [2.24, 2.45) is 0 Å². The molecule has 7 heteroatoms. The topological polar surface area (TPSA) is 115 Å². The molecule has 7 nitrogen and oxygen atoms in total. The van der Waals surface area contributed by atoms with Crippen molar-refractivity contribution in [1.82, 2.24) is 0 Å². The van der Waals surface area contributed by atoms with Crippen molar-refractivity contribution in [2.75, 3.05) is 26.2 Å². The quantitative estimate of drug-likeness (QED) is 0.0829. The van der Waals surface area contributed by atoms with Gasteiger partial charge in [0, 0.05) is 0 Å². The van der Waals surface area contributed by atoms with Crippen LogP contribution in [0.1, 0.15) is 129 Å². The summed E-state index contributed by atoms with van der Waals surface area (Å²) in [5.74, 6) is -3.90. The molecule has 36 heavy (non-hydrogen) atoms. The number of allylic oxidation sites excluding steroid dienone is 1. The van der Waals surface area contributed by atoms with Gasteiger partial charge in [0.25, 0.3) is 0 Å². The first kappa shape index (κ1) is 34.1. The van der Waals surface area contributed by atoms with Crippen molar-refractivity contribution < 1.29 is 34.2 Å². The van der Waals surface area contributed by atoms with E-state index < -0.39 is 42.0 Å². The summed E-state index contributed by atoms with van der Waals surface area (Å²) in [4.78, 5) is 33.4. The van der Waals surface area contributed by atoms with E-state index in [1.165, 1.54) is 103 Å². The fourth-order valence-electron chi connectivity index (χ4n) is 4.79. The Kier molecular flexibility index (Phi) is 22.3. The summed E-state index contributed by atoms with van der Waals surface area (Å²) >= 11 is 0. The van der Waals surface area contributed by atoms with Crippen molar-refractivity contribution in [3.05, 3.63) is 12.2 Å². The van der Waals surface area contributed by atoms with Gasteiger partial charge in [0.1, 0.15) is 6.54 Å². The SMILES string of the molecule is CCCCCCCCCCCCCCCCCCCC/C=C/C[N+](CC(=O)[O-])(CC(=O)O)CC(=O)O. The van der Waals surface area contributed by atoms with Gasteiger partial charge in [0.05, 0.1) is 12.5 Å². The number of nitrogens with zero attached hydrogens (tertiary/aromatic N) is 1. The van der Waals surface area contributed by atoms with Crippen LogP contribution >= 0.6 is 0 Å². The normalized spacial score (nSPS) is 11.8. The van der Waals surface area contributed by atoms with Crippen LogP contribution in [-0.2, 0) is 14.4 Å². The van der Waals surface area contributed by atoms with E-state index in [-0.39, 0.29) is 6.54 Å². The minimum absolute atomic E-state index is 0.0472. The number of hydrogen-bond donors (Lipinski definition) is 2. The van der Waals surface area contributed by atoms with Crippen LogP contribution in [0.15, 0.2) is 12.2 Å². The van der Waals surface area contributed by atoms with Gasteiger partial charge in [-0.05, 0) is 18.9 Å². The van der Waals surface area contributed by atoms with Crippen LogP contribution < -0.4 is 5.11 Å². The van der Waals surface area contributed by atoms with Crippen molar-refractivity contribution in [3.8, 4) is 0 Å². The van der Waals surface area contributed by atoms with Gasteiger partial charge < -0.3 is 20.1 Å². The van der Waals surface area contributed by atoms with Gasteiger partial charge >= 0.3 is 11.9 Å². The molecule has 0 aliphatic heterocycles. The van der Waals surface area contributed by atoms with E-state index in [4.69, 9.17) is 10.2 Å². The number of rotatable bonds is 27. The van der Waals surface area contributed by atoms with E-state index in [0.29, 0.717) is 0 Å². The fraction of sp³-hybridized carbons (Fsp3) is 0.828. The molecule has 0 radical (unpaired) electrons. The van der Waals surface area contributed by atoms with Crippen LogP contribution in [0.3, 0.4) is 0 Å². The number of carbonyl (C=O) groups is 3. The van der Waals surface area contributed by atoms with Gasteiger partial charge in [-0.1, -0.05) is 122 Å². The largest absolute Gasteiger partial charge is 0.544 e. The standard InChI is InChI=1S/C29H53NO6/c1-2-3-4-5-6-7-8-9-10-11-12-13-14-15-16-17-18-19-20-21-22-23-30(24-27(31)32,25-28(33)34)26-29(35)36/h21-22H,2-20,23-26H2,1H3,(H2-,31,32,33,34,35,36)/b22-21+. The molecule has 0 heterocycles. The second-order valence-corrected chi connectivity index (χ2v) is 10.4. The van der Waals surface area contributed by atoms with Crippen LogP contribution in [0.2, 0.25) is 0 Å². The molecule has 2 N–H and O–H groups in total. The van der Waals surface area contributed by atoms with Gasteiger partial charge in [-0.15, -0.1) is 0 Å². The Bertz CT molecular complexity index is 564. The Morgan fingerprint density at radius 1 is 0.583 bits per heavy atom. The Morgan fingerprint density at radius 2 is 0.944 bits per heavy atom. The van der Waals surface area contributed by atoms with E-state index >= 15 is 0 Å². The lowest BCUT2D eigenvalue weighted by Gasteiger charge is -2.35. The molecular weight excluding hydrogens is 458 g/mol. The van der Waals surface area contributed by atoms with E-state index in [9.17, 15) is 19.5 Å². The predicted octanol–water partition coefficient (Wildman–Crippen LogP) is 5.71. The third-order valence-electron chi connectivity index (χ3n) is 6.79. The second-order valence-electron chi connectivity index (χ2n) is 10.4. The summed E-state index contributed by atoms with van der Waals surface area (Å²) in [7, 11) is 0. The number of unbranched alkanes of at least 4 members (excludes halogenated alkanes) is 18. The van der Waals surface area contributed by atoms with Gasteiger partial charge in [-0.2, -0.15) is 0 Å². The molecule has 0 spiro atoms. The highest BCUT2D eigenvalue weighted by molar-refractivity contribution is 5.72. The molecule has 0 aromatic heterocycles. The van der Waals surface area contributed by atoms with E-state index in [0.717, 1.165) is 19.3 Å². The van der Waals surface area contributed by atoms with Crippen LogP contribution in [-0.4, -0.2) is 58.8 Å². The summed E-state index contributed by atoms with van der Waals surface area (Å²) < 4.78 is -0.581. The molecule has 0 saturated heterocycles. The third kappa shape index (κ3) is 22.6. The average Bonchev–Trinajstić information content (AvgIpc) is 2.78. The van der Waals surface area contributed by atoms with Crippen molar-refractivity contribution >= 4 is 17.9 Å². The molecule has 210 valence electrons. The molecule has 0 amide bonds. The van der Waals surface area contributed by atoms with Crippen molar-refractivity contribution in [2.45, 2.75) is 129 Å². The highest BCUT2D eigenvalue weighted by Crippen LogP contribution is 2.15. The lowest BCUT2D eigenvalue weighted by Crippen LogP contribution is -2.58. The zero-order valence-corrected chi connectivity index (χ0v) is 22.9. The number of carboxylic acid groups (broad SMARTS) is 3. The molecule has 0 fully saturated rings. The Balaban J connectivity index is 3.72. The summed E-state index contributed by atoms with van der Waals surface area (Å²) in [5, 5.41) is 29.3. The van der Waals surface area contributed by atoms with Crippen LogP contribution in [0.25, 0.3) is 0 Å². The molecule has 0 rings (SSSR count). The molecule has 0 aliphatic carbocycles. The summed E-state index contributed by atoms with van der Waals surface area (Å²) in [5.41, 5.74) is 0. The van der Waals surface area contributed by atoms with E-state index in [1.54, 1.807) is 6.08 Å². The predicted molar refractivity (Wildman–Crippen MR) is 143 cm³/mol. The number of aliphatic carboxylic acids is 3. The molecule has 0 saturated carbocycles. The minimum Gasteiger partial charge on any atom is -0.544 e. The van der Waals surface area contributed by atoms with Crippen LogP contribution in [0.5, 0.6) is 0 Å². The number of quaternary nitrogens is 1. The van der Waals surface area contributed by atoms with E-state index in [2.05, 4.69) is 6.92 Å². The Morgan fingerprint density at radius 3 is 1.28 bits per heavy atom. The molecular formula is C29H53NO6. The van der Waals surface area contributed by atoms with Crippen molar-refractivity contribution in [3.63, 3.8) is 0 Å². The summed E-state index contributed by atoms with van der Waals surface area (Å²) in [6.07, 6.45) is 28.3. The maximum Gasteiger partial charge on any atom is 0.359 e. The highest BCUT2D eigenvalue weighted by atomic mass is 16.4. The summed E-state index contributed by atoms with van der Waals surface area (Å²) in [6.45, 7) is 0.545. The van der Waals surface area contributed by atoms with Gasteiger partial charge in [-0.3, -0.25) is 4.48 Å². The zero-order chi connectivity index (χ0) is 26.9. The van der Waals surface area contributed by atoms with Crippen LogP contribution in [0, 0.1) is 0 Å². The average molecular weight is 512 g/mol. The molecule has 0 atom stereocenters. The Hall–Kier alpha value is -1.89. The zero-order valence-electron chi connectivity index (χ0n) is 22.9. The van der Waals surface area contributed by atoms with E-state index in [1.807, 2.05) is 6.08 Å². The molecule has 0 unspecified atom stereocenters. The first-order chi connectivity index (χ1) is 17.3. The van der Waals surface area contributed by atoms with Gasteiger partial charge in [0.15, 0.2) is 13.1 Å². The number of carboxylic acids is 3. The van der Waals surface area contributed by atoms with Gasteiger partial charge in [0.2, 0.25) is 0 Å².